The number of benzene rings is 3. The van der Waals surface area contributed by atoms with E-state index < -0.39 is 0 Å². The second kappa shape index (κ2) is 11.1. The van der Waals surface area contributed by atoms with Crippen LogP contribution in [-0.4, -0.2) is 39.7 Å². The largest absolute Gasteiger partial charge is 0.494 e. The molecule has 0 fully saturated rings. The summed E-state index contributed by atoms with van der Waals surface area (Å²) in [5.41, 5.74) is 5.62. The minimum atomic E-state index is -0.0671. The molecule has 0 aromatic heterocycles. The highest BCUT2D eigenvalue weighted by molar-refractivity contribution is 5.94. The Hall–Kier alpha value is -3.47. The second-order valence-corrected chi connectivity index (χ2v) is 9.01. The number of ether oxygens (including phenoxy) is 1. The lowest BCUT2D eigenvalue weighted by molar-refractivity contribution is 0.0951. The molecule has 0 bridgehead atoms. The number of hydrogen-bond donors (Lipinski definition) is 1. The Balaban J connectivity index is 1.49. The zero-order chi connectivity index (χ0) is 23.9. The molecular weight excluding hydrogens is 422 g/mol. The standard InChI is InChI=1S/C29H35N3O2/c1-4-5-20-34-26-16-12-24(13-17-26)29(33)30-21-28(23-10-14-25(15-11-23)31(2)3)32-19-18-22-8-6-7-9-27(22)32/h6-17,28H,4-5,18-21H2,1-3H3,(H,30,33). The van der Waals surface area contributed by atoms with Crippen molar-refractivity contribution in [3.05, 3.63) is 89.5 Å². The van der Waals surface area contributed by atoms with Crippen LogP contribution in [0.15, 0.2) is 72.8 Å². The van der Waals surface area contributed by atoms with Crippen molar-refractivity contribution in [3.8, 4) is 5.75 Å². The van der Waals surface area contributed by atoms with Gasteiger partial charge in [-0.2, -0.15) is 0 Å². The number of anilines is 2. The van der Waals surface area contributed by atoms with Gasteiger partial charge in [-0.3, -0.25) is 4.79 Å². The van der Waals surface area contributed by atoms with Gasteiger partial charge in [0.25, 0.3) is 5.91 Å². The monoisotopic (exact) mass is 457 g/mol. The number of nitrogens with zero attached hydrogens (tertiary/aromatic N) is 2. The van der Waals surface area contributed by atoms with E-state index >= 15 is 0 Å². The number of fused-ring (bicyclic) bond motifs is 1. The Labute approximate surface area is 203 Å². The molecule has 4 rings (SSSR count). The maximum absolute atomic E-state index is 13.0. The van der Waals surface area contributed by atoms with Crippen LogP contribution in [0.2, 0.25) is 0 Å². The number of carbonyl (C=O) groups excluding carboxylic acids is 1. The van der Waals surface area contributed by atoms with Gasteiger partial charge in [-0.1, -0.05) is 43.7 Å². The highest BCUT2D eigenvalue weighted by Gasteiger charge is 2.27. The molecule has 1 aliphatic heterocycles. The fourth-order valence-electron chi connectivity index (χ4n) is 4.42. The van der Waals surface area contributed by atoms with Crippen LogP contribution < -0.4 is 19.9 Å². The van der Waals surface area contributed by atoms with E-state index in [1.54, 1.807) is 0 Å². The molecule has 0 saturated carbocycles. The summed E-state index contributed by atoms with van der Waals surface area (Å²) in [6, 6.07) is 24.7. The topological polar surface area (TPSA) is 44.8 Å². The number of hydrogen-bond acceptors (Lipinski definition) is 4. The lowest BCUT2D eigenvalue weighted by Crippen LogP contribution is -2.37. The average Bonchev–Trinajstić information content (AvgIpc) is 3.29. The third-order valence-corrected chi connectivity index (χ3v) is 6.43. The quantitative estimate of drug-likeness (QED) is 0.410. The van der Waals surface area contributed by atoms with E-state index in [1.165, 1.54) is 16.8 Å². The molecule has 5 nitrogen and oxygen atoms in total. The Kier molecular flexibility index (Phi) is 7.73. The van der Waals surface area contributed by atoms with Crippen LogP contribution >= 0.6 is 0 Å². The van der Waals surface area contributed by atoms with Gasteiger partial charge in [0.2, 0.25) is 0 Å². The lowest BCUT2D eigenvalue weighted by Gasteiger charge is -2.31. The van der Waals surface area contributed by atoms with Gasteiger partial charge < -0.3 is 19.9 Å². The second-order valence-electron chi connectivity index (χ2n) is 9.01. The Morgan fingerprint density at radius 1 is 1.03 bits per heavy atom. The van der Waals surface area contributed by atoms with Crippen molar-refractivity contribution in [3.63, 3.8) is 0 Å². The van der Waals surface area contributed by atoms with Crippen molar-refractivity contribution in [2.75, 3.05) is 43.6 Å². The van der Waals surface area contributed by atoms with Crippen molar-refractivity contribution in [2.24, 2.45) is 0 Å². The lowest BCUT2D eigenvalue weighted by atomic mass is 10.0. The van der Waals surface area contributed by atoms with Crippen LogP contribution in [0.3, 0.4) is 0 Å². The number of rotatable bonds is 10. The molecule has 3 aromatic rings. The first kappa shape index (κ1) is 23.7. The van der Waals surface area contributed by atoms with Crippen LogP contribution in [0.4, 0.5) is 11.4 Å². The third kappa shape index (κ3) is 5.53. The van der Waals surface area contributed by atoms with E-state index in [-0.39, 0.29) is 11.9 Å². The van der Waals surface area contributed by atoms with Gasteiger partial charge in [0.15, 0.2) is 0 Å². The molecule has 0 aliphatic carbocycles. The number of para-hydroxylation sites is 1. The minimum absolute atomic E-state index is 0.0560. The summed E-state index contributed by atoms with van der Waals surface area (Å²) in [6.07, 6.45) is 3.15. The van der Waals surface area contributed by atoms with Crippen molar-refractivity contribution in [1.82, 2.24) is 5.32 Å². The highest BCUT2D eigenvalue weighted by atomic mass is 16.5. The molecule has 5 heteroatoms. The predicted molar refractivity (Wildman–Crippen MR) is 140 cm³/mol. The first-order valence-corrected chi connectivity index (χ1v) is 12.2. The van der Waals surface area contributed by atoms with E-state index in [0.717, 1.165) is 37.2 Å². The van der Waals surface area contributed by atoms with Gasteiger partial charge in [-0.25, -0.2) is 0 Å². The summed E-state index contributed by atoms with van der Waals surface area (Å²) < 4.78 is 5.72. The fraction of sp³-hybridized carbons (Fsp3) is 0.345. The first-order valence-electron chi connectivity index (χ1n) is 12.2. The molecule has 1 heterocycles. The van der Waals surface area contributed by atoms with Gasteiger partial charge in [0.05, 0.1) is 12.6 Å². The molecule has 1 atom stereocenters. The number of carbonyl (C=O) groups is 1. The van der Waals surface area contributed by atoms with Gasteiger partial charge in [0, 0.05) is 44.1 Å². The molecule has 1 aliphatic rings. The summed E-state index contributed by atoms with van der Waals surface area (Å²) in [5, 5.41) is 3.18. The summed E-state index contributed by atoms with van der Waals surface area (Å²) in [7, 11) is 4.09. The van der Waals surface area contributed by atoms with Crippen molar-refractivity contribution >= 4 is 17.3 Å². The molecule has 1 N–H and O–H groups in total. The zero-order valence-electron chi connectivity index (χ0n) is 20.5. The van der Waals surface area contributed by atoms with Gasteiger partial charge in [-0.15, -0.1) is 0 Å². The number of amides is 1. The Bertz CT molecular complexity index is 1080. The van der Waals surface area contributed by atoms with E-state index in [4.69, 9.17) is 4.74 Å². The average molecular weight is 458 g/mol. The molecule has 1 unspecified atom stereocenters. The van der Waals surface area contributed by atoms with Crippen molar-refractivity contribution in [2.45, 2.75) is 32.2 Å². The molecule has 1 amide bonds. The van der Waals surface area contributed by atoms with Crippen molar-refractivity contribution < 1.29 is 9.53 Å². The zero-order valence-corrected chi connectivity index (χ0v) is 20.5. The minimum Gasteiger partial charge on any atom is -0.494 e. The van der Waals surface area contributed by atoms with E-state index in [0.29, 0.717) is 18.7 Å². The molecule has 0 radical (unpaired) electrons. The summed E-state index contributed by atoms with van der Waals surface area (Å²) >= 11 is 0. The normalized spacial score (nSPS) is 13.3. The summed E-state index contributed by atoms with van der Waals surface area (Å²) in [6.45, 7) is 4.32. The third-order valence-electron chi connectivity index (χ3n) is 6.43. The van der Waals surface area contributed by atoms with Crippen LogP contribution in [0.1, 0.15) is 47.3 Å². The van der Waals surface area contributed by atoms with Crippen LogP contribution in [0.25, 0.3) is 0 Å². The molecule has 3 aromatic carbocycles. The van der Waals surface area contributed by atoms with Gasteiger partial charge in [0.1, 0.15) is 5.75 Å². The molecule has 0 saturated heterocycles. The SMILES string of the molecule is CCCCOc1ccc(C(=O)NCC(c2ccc(N(C)C)cc2)N2CCc3ccccc32)cc1. The van der Waals surface area contributed by atoms with E-state index in [2.05, 4.69) is 70.6 Å². The Morgan fingerprint density at radius 2 is 1.76 bits per heavy atom. The van der Waals surface area contributed by atoms with Gasteiger partial charge >= 0.3 is 0 Å². The van der Waals surface area contributed by atoms with Crippen LogP contribution in [0.5, 0.6) is 5.75 Å². The maximum atomic E-state index is 13.0. The summed E-state index contributed by atoms with van der Waals surface area (Å²) in [5.74, 6) is 0.736. The highest BCUT2D eigenvalue weighted by Crippen LogP contribution is 2.35. The van der Waals surface area contributed by atoms with E-state index in [9.17, 15) is 4.79 Å². The Morgan fingerprint density at radius 3 is 2.47 bits per heavy atom. The predicted octanol–water partition coefficient (Wildman–Crippen LogP) is 5.47. The van der Waals surface area contributed by atoms with Crippen LogP contribution in [0, 0.1) is 0 Å². The number of unbranched alkanes of at least 4 members (excludes halogenated alkanes) is 1. The molecule has 0 spiro atoms. The molecule has 34 heavy (non-hydrogen) atoms. The molecular formula is C29H35N3O2. The first-order chi connectivity index (χ1) is 16.6. The maximum Gasteiger partial charge on any atom is 0.251 e. The van der Waals surface area contributed by atoms with E-state index in [1.807, 2.05) is 38.4 Å². The smallest absolute Gasteiger partial charge is 0.251 e. The number of nitrogens with one attached hydrogen (secondary N) is 1. The van der Waals surface area contributed by atoms with Gasteiger partial charge in [-0.05, 0) is 66.4 Å². The fourth-order valence-corrected chi connectivity index (χ4v) is 4.42. The summed E-state index contributed by atoms with van der Waals surface area (Å²) in [4.78, 5) is 17.5. The van der Waals surface area contributed by atoms with Crippen molar-refractivity contribution in [1.29, 1.82) is 0 Å². The molecule has 178 valence electrons. The van der Waals surface area contributed by atoms with Crippen LogP contribution in [-0.2, 0) is 6.42 Å².